The first-order valence-corrected chi connectivity index (χ1v) is 7.72. The first-order chi connectivity index (χ1) is 11.9. The molecule has 0 N–H and O–H groups in total. The number of rotatable bonds is 4. The summed E-state index contributed by atoms with van der Waals surface area (Å²) in [6.45, 7) is 2.58. The van der Waals surface area contributed by atoms with E-state index >= 15 is 0 Å². The number of para-hydroxylation sites is 1. The maximum atomic E-state index is 14.1. The van der Waals surface area contributed by atoms with Crippen LogP contribution in [0, 0.1) is 5.82 Å². The van der Waals surface area contributed by atoms with Crippen LogP contribution in [0.1, 0.15) is 18.3 Å². The van der Waals surface area contributed by atoms with Crippen molar-refractivity contribution < 1.29 is 17.6 Å². The van der Waals surface area contributed by atoms with Crippen LogP contribution in [0.25, 0.3) is 10.9 Å². The second-order valence-electron chi connectivity index (χ2n) is 5.50. The molecule has 0 unspecified atom stereocenters. The normalized spacial score (nSPS) is 11.7. The van der Waals surface area contributed by atoms with Gasteiger partial charge in [0.2, 0.25) is 5.82 Å². The van der Waals surface area contributed by atoms with Gasteiger partial charge in [-0.2, -0.15) is 13.2 Å². The average Bonchev–Trinajstić information content (AvgIpc) is 2.59. The third-order valence-corrected chi connectivity index (χ3v) is 3.81. The van der Waals surface area contributed by atoms with Crippen molar-refractivity contribution in [2.24, 2.45) is 0 Å². The Morgan fingerprint density at radius 1 is 0.960 bits per heavy atom. The lowest BCUT2D eigenvalue weighted by Gasteiger charge is -2.24. The number of benzene rings is 2. The Bertz CT molecular complexity index is 879. The van der Waals surface area contributed by atoms with Crippen molar-refractivity contribution in [1.82, 2.24) is 9.97 Å². The van der Waals surface area contributed by atoms with Gasteiger partial charge >= 0.3 is 6.18 Å². The molecule has 0 aliphatic carbocycles. The van der Waals surface area contributed by atoms with Crippen LogP contribution < -0.4 is 4.90 Å². The summed E-state index contributed by atoms with van der Waals surface area (Å²) in [6.07, 6.45) is -4.75. The van der Waals surface area contributed by atoms with E-state index in [1.807, 2.05) is 37.3 Å². The molecule has 0 bridgehead atoms. The van der Waals surface area contributed by atoms with Gasteiger partial charge in [0.25, 0.3) is 0 Å². The number of anilines is 1. The summed E-state index contributed by atoms with van der Waals surface area (Å²) in [4.78, 5) is 8.77. The Morgan fingerprint density at radius 3 is 2.32 bits per heavy atom. The number of hydrogen-bond acceptors (Lipinski definition) is 3. The highest BCUT2D eigenvalue weighted by molar-refractivity contribution is 5.90. The number of hydrogen-bond donors (Lipinski definition) is 0. The molecule has 0 spiro atoms. The summed E-state index contributed by atoms with van der Waals surface area (Å²) in [7, 11) is 0. The second-order valence-corrected chi connectivity index (χ2v) is 5.50. The maximum Gasteiger partial charge on any atom is 0.451 e. The molecule has 0 saturated carbocycles. The van der Waals surface area contributed by atoms with Crippen LogP contribution in [0.2, 0.25) is 0 Å². The summed E-state index contributed by atoms with van der Waals surface area (Å²) in [5.41, 5.74) is 0.590. The fourth-order valence-corrected chi connectivity index (χ4v) is 2.61. The molecular weight excluding hydrogens is 334 g/mol. The summed E-state index contributed by atoms with van der Waals surface area (Å²) >= 11 is 0. The summed E-state index contributed by atoms with van der Waals surface area (Å²) in [5, 5.41) is 0.255. The number of aromatic nitrogens is 2. The fourth-order valence-electron chi connectivity index (χ4n) is 2.61. The van der Waals surface area contributed by atoms with Gasteiger partial charge in [0.05, 0.1) is 0 Å². The summed E-state index contributed by atoms with van der Waals surface area (Å²) in [6, 6.07) is 13.4. The summed E-state index contributed by atoms with van der Waals surface area (Å²) in [5.74, 6) is -2.07. The molecular formula is C18H15F4N3. The highest BCUT2D eigenvalue weighted by atomic mass is 19.4. The van der Waals surface area contributed by atoms with Crippen LogP contribution >= 0.6 is 0 Å². The van der Waals surface area contributed by atoms with E-state index in [2.05, 4.69) is 9.97 Å². The number of alkyl halides is 3. The molecule has 7 heteroatoms. The standard InChI is InChI=1S/C18H15F4N3/c1-2-25(11-12-7-4-3-5-8-12)16-13-9-6-10-14(19)15(13)23-17(24-16)18(20,21)22/h3-10H,2,11H2,1H3. The van der Waals surface area contributed by atoms with E-state index in [-0.39, 0.29) is 16.7 Å². The topological polar surface area (TPSA) is 29.0 Å². The predicted octanol–water partition coefficient (Wildman–Crippen LogP) is 4.81. The molecule has 3 nitrogen and oxygen atoms in total. The molecule has 0 aliphatic heterocycles. The first kappa shape index (κ1) is 17.1. The maximum absolute atomic E-state index is 14.1. The van der Waals surface area contributed by atoms with Gasteiger partial charge in [0, 0.05) is 18.5 Å². The van der Waals surface area contributed by atoms with E-state index < -0.39 is 17.8 Å². The molecule has 25 heavy (non-hydrogen) atoms. The Morgan fingerprint density at radius 2 is 1.68 bits per heavy atom. The molecule has 3 rings (SSSR count). The van der Waals surface area contributed by atoms with Crippen LogP contribution in [-0.4, -0.2) is 16.5 Å². The Balaban J connectivity index is 2.17. The Kier molecular flexibility index (Phi) is 4.57. The number of fused-ring (bicyclic) bond motifs is 1. The van der Waals surface area contributed by atoms with Gasteiger partial charge in [0.1, 0.15) is 17.2 Å². The third kappa shape index (κ3) is 3.55. The van der Waals surface area contributed by atoms with E-state index in [1.165, 1.54) is 12.1 Å². The zero-order valence-electron chi connectivity index (χ0n) is 13.4. The summed E-state index contributed by atoms with van der Waals surface area (Å²) < 4.78 is 53.5. The van der Waals surface area contributed by atoms with Crippen molar-refractivity contribution in [3.8, 4) is 0 Å². The predicted molar refractivity (Wildman–Crippen MR) is 87.7 cm³/mol. The Labute approximate surface area is 141 Å². The van der Waals surface area contributed by atoms with Crippen molar-refractivity contribution in [2.75, 3.05) is 11.4 Å². The minimum Gasteiger partial charge on any atom is -0.352 e. The molecule has 0 atom stereocenters. The zero-order valence-corrected chi connectivity index (χ0v) is 13.4. The van der Waals surface area contributed by atoms with Crippen LogP contribution in [0.5, 0.6) is 0 Å². The highest BCUT2D eigenvalue weighted by Crippen LogP contribution is 2.33. The molecule has 3 aromatic rings. The highest BCUT2D eigenvalue weighted by Gasteiger charge is 2.36. The van der Waals surface area contributed by atoms with Crippen LogP contribution in [0.4, 0.5) is 23.4 Å². The molecule has 1 heterocycles. The van der Waals surface area contributed by atoms with Crippen LogP contribution in [0.3, 0.4) is 0 Å². The molecule has 0 aliphatic rings. The first-order valence-electron chi connectivity index (χ1n) is 7.72. The van der Waals surface area contributed by atoms with Gasteiger partial charge in [0.15, 0.2) is 0 Å². The second kappa shape index (κ2) is 6.66. The number of nitrogens with zero attached hydrogens (tertiary/aromatic N) is 3. The lowest BCUT2D eigenvalue weighted by Crippen LogP contribution is -2.25. The average molecular weight is 349 g/mol. The largest absolute Gasteiger partial charge is 0.451 e. The van der Waals surface area contributed by atoms with E-state index in [0.29, 0.717) is 13.1 Å². The molecule has 0 amide bonds. The van der Waals surface area contributed by atoms with Gasteiger partial charge in [-0.05, 0) is 24.6 Å². The van der Waals surface area contributed by atoms with Crippen molar-refractivity contribution >= 4 is 16.7 Å². The van der Waals surface area contributed by atoms with Gasteiger partial charge in [-0.1, -0.05) is 36.4 Å². The monoisotopic (exact) mass is 349 g/mol. The lowest BCUT2D eigenvalue weighted by molar-refractivity contribution is -0.144. The molecule has 0 radical (unpaired) electrons. The van der Waals surface area contributed by atoms with Crippen molar-refractivity contribution in [2.45, 2.75) is 19.6 Å². The van der Waals surface area contributed by atoms with E-state index in [0.717, 1.165) is 11.6 Å². The van der Waals surface area contributed by atoms with Crippen molar-refractivity contribution in [3.05, 3.63) is 65.7 Å². The molecule has 2 aromatic carbocycles. The zero-order chi connectivity index (χ0) is 18.0. The molecule has 1 aromatic heterocycles. The van der Waals surface area contributed by atoms with E-state index in [1.54, 1.807) is 4.90 Å². The SMILES string of the molecule is CCN(Cc1ccccc1)c1nc(C(F)(F)F)nc2c(F)cccc12. The van der Waals surface area contributed by atoms with Crippen LogP contribution in [0.15, 0.2) is 48.5 Å². The minimum absolute atomic E-state index is 0.0724. The van der Waals surface area contributed by atoms with Gasteiger partial charge in [-0.15, -0.1) is 0 Å². The minimum atomic E-state index is -4.75. The van der Waals surface area contributed by atoms with Crippen molar-refractivity contribution in [1.29, 1.82) is 0 Å². The van der Waals surface area contributed by atoms with Gasteiger partial charge < -0.3 is 4.90 Å². The van der Waals surface area contributed by atoms with E-state index in [9.17, 15) is 17.6 Å². The quantitative estimate of drug-likeness (QED) is 0.633. The smallest absolute Gasteiger partial charge is 0.352 e. The van der Waals surface area contributed by atoms with E-state index in [4.69, 9.17) is 0 Å². The molecule has 0 saturated heterocycles. The fraction of sp³-hybridized carbons (Fsp3) is 0.222. The molecule has 0 fully saturated rings. The van der Waals surface area contributed by atoms with Gasteiger partial charge in [-0.25, -0.2) is 14.4 Å². The Hall–Kier alpha value is -2.70. The van der Waals surface area contributed by atoms with Crippen molar-refractivity contribution in [3.63, 3.8) is 0 Å². The van der Waals surface area contributed by atoms with Crippen LogP contribution in [-0.2, 0) is 12.7 Å². The lowest BCUT2D eigenvalue weighted by atomic mass is 10.1. The van der Waals surface area contributed by atoms with Gasteiger partial charge in [-0.3, -0.25) is 0 Å². The third-order valence-electron chi connectivity index (χ3n) is 3.81. The molecule has 130 valence electrons. The number of halogens is 4.